The molecule has 29 heavy (non-hydrogen) atoms. The molecule has 2 aliphatic heterocycles. The monoisotopic (exact) mass is 396 g/mol. The molecule has 1 fully saturated rings. The number of hydrogen-bond acceptors (Lipinski definition) is 6. The number of carbonyl (C=O) groups excluding carboxylic acids is 1. The summed E-state index contributed by atoms with van der Waals surface area (Å²) in [7, 11) is 1.62. The Bertz CT molecular complexity index is 850. The zero-order valence-electron chi connectivity index (χ0n) is 17.1. The molecule has 154 valence electrons. The first kappa shape index (κ1) is 19.8. The van der Waals surface area contributed by atoms with Gasteiger partial charge < -0.3 is 9.47 Å². The molecule has 3 heterocycles. The van der Waals surface area contributed by atoms with Crippen LogP contribution in [0, 0.1) is 0 Å². The number of hydrogen-bond donors (Lipinski definition) is 0. The van der Waals surface area contributed by atoms with Gasteiger partial charge in [0, 0.05) is 25.4 Å². The summed E-state index contributed by atoms with van der Waals surface area (Å²) in [5, 5.41) is 0. The third-order valence-electron chi connectivity index (χ3n) is 5.63. The number of benzene rings is 1. The third kappa shape index (κ3) is 4.41. The lowest BCUT2D eigenvalue weighted by molar-refractivity contribution is -0.117. The minimum Gasteiger partial charge on any atom is -0.461 e. The molecule has 1 unspecified atom stereocenters. The van der Waals surface area contributed by atoms with Crippen molar-refractivity contribution >= 4 is 11.7 Å². The van der Waals surface area contributed by atoms with E-state index in [2.05, 4.69) is 39.1 Å². The van der Waals surface area contributed by atoms with Gasteiger partial charge >= 0.3 is 6.01 Å². The molecular formula is C22H28N4O3. The zero-order valence-corrected chi connectivity index (χ0v) is 17.1. The second-order valence-corrected chi connectivity index (χ2v) is 7.68. The lowest BCUT2D eigenvalue weighted by Gasteiger charge is -2.25. The van der Waals surface area contributed by atoms with Crippen LogP contribution in [0.25, 0.3) is 0 Å². The van der Waals surface area contributed by atoms with E-state index in [4.69, 9.17) is 9.47 Å². The predicted octanol–water partition coefficient (Wildman–Crippen LogP) is 2.75. The van der Waals surface area contributed by atoms with E-state index in [1.807, 2.05) is 6.92 Å². The van der Waals surface area contributed by atoms with Crippen LogP contribution in [0.1, 0.15) is 42.5 Å². The summed E-state index contributed by atoms with van der Waals surface area (Å²) in [4.78, 5) is 25.7. The van der Waals surface area contributed by atoms with Crippen LogP contribution < -0.4 is 9.64 Å². The van der Waals surface area contributed by atoms with Gasteiger partial charge in [-0.1, -0.05) is 24.3 Å². The molecule has 2 aromatic rings. The molecule has 0 bridgehead atoms. The molecule has 0 saturated carbocycles. The summed E-state index contributed by atoms with van der Waals surface area (Å²) in [5.74, 6) is 0.683. The number of aromatic nitrogens is 2. The van der Waals surface area contributed by atoms with Crippen molar-refractivity contribution in [2.75, 3.05) is 38.3 Å². The van der Waals surface area contributed by atoms with Gasteiger partial charge in [0.15, 0.2) is 0 Å². The molecule has 1 amide bonds. The average molecular weight is 396 g/mol. The molecule has 2 aliphatic rings. The molecule has 7 heteroatoms. The summed E-state index contributed by atoms with van der Waals surface area (Å²) in [5.41, 5.74) is 3.25. The quantitative estimate of drug-likeness (QED) is 0.639. The topological polar surface area (TPSA) is 67.8 Å². The van der Waals surface area contributed by atoms with Crippen molar-refractivity contribution in [2.24, 2.45) is 0 Å². The molecular weight excluding hydrogens is 368 g/mol. The molecule has 0 aliphatic carbocycles. The van der Waals surface area contributed by atoms with Crippen molar-refractivity contribution in [1.29, 1.82) is 0 Å². The van der Waals surface area contributed by atoms with Gasteiger partial charge in [0.05, 0.1) is 19.1 Å². The SMILES string of the molecule is COCCOc1ncc2c(n1)N(C(C)c1ccc(CN3CCCC3)cc1)C(=O)C2. The Morgan fingerprint density at radius 1 is 1.14 bits per heavy atom. The number of carbonyl (C=O) groups is 1. The lowest BCUT2D eigenvalue weighted by atomic mass is 10.0. The van der Waals surface area contributed by atoms with Crippen LogP contribution >= 0.6 is 0 Å². The van der Waals surface area contributed by atoms with Crippen molar-refractivity contribution in [1.82, 2.24) is 14.9 Å². The smallest absolute Gasteiger partial charge is 0.318 e. The summed E-state index contributed by atoms with van der Waals surface area (Å²) in [6, 6.07) is 8.76. The van der Waals surface area contributed by atoms with Crippen LogP contribution in [0.15, 0.2) is 30.5 Å². The molecule has 7 nitrogen and oxygen atoms in total. The Balaban J connectivity index is 1.49. The minimum absolute atomic E-state index is 0.0389. The van der Waals surface area contributed by atoms with E-state index in [-0.39, 0.29) is 18.0 Å². The first-order valence-electron chi connectivity index (χ1n) is 10.3. The zero-order chi connectivity index (χ0) is 20.2. The fourth-order valence-corrected chi connectivity index (χ4v) is 4.02. The second-order valence-electron chi connectivity index (χ2n) is 7.68. The maximum atomic E-state index is 12.7. The Labute approximate surface area is 171 Å². The molecule has 1 saturated heterocycles. The van der Waals surface area contributed by atoms with E-state index in [0.717, 1.165) is 17.7 Å². The van der Waals surface area contributed by atoms with E-state index < -0.39 is 0 Å². The number of ether oxygens (including phenoxy) is 2. The first-order valence-corrected chi connectivity index (χ1v) is 10.3. The fraction of sp³-hybridized carbons (Fsp3) is 0.500. The summed E-state index contributed by atoms with van der Waals surface area (Å²) >= 11 is 0. The lowest BCUT2D eigenvalue weighted by Crippen LogP contribution is -2.30. The summed E-state index contributed by atoms with van der Waals surface area (Å²) in [6.45, 7) is 6.24. The number of fused-ring (bicyclic) bond motifs is 1. The van der Waals surface area contributed by atoms with Gasteiger partial charge in [0.1, 0.15) is 12.4 Å². The van der Waals surface area contributed by atoms with E-state index in [1.165, 1.54) is 31.5 Å². The van der Waals surface area contributed by atoms with Crippen LogP contribution in [0.2, 0.25) is 0 Å². The van der Waals surface area contributed by atoms with E-state index in [0.29, 0.717) is 25.5 Å². The highest BCUT2D eigenvalue weighted by atomic mass is 16.5. The highest BCUT2D eigenvalue weighted by Gasteiger charge is 2.34. The highest BCUT2D eigenvalue weighted by Crippen LogP contribution is 2.35. The van der Waals surface area contributed by atoms with Crippen LogP contribution in [-0.2, 0) is 22.5 Å². The molecule has 1 atom stereocenters. The standard InChI is InChI=1S/C22H28N4O3/c1-16(18-7-5-17(6-8-18)15-25-9-3-4-10-25)26-20(27)13-19-14-23-22(24-21(19)26)29-12-11-28-2/h5-8,14,16H,3-4,9-13,15H2,1-2H3. The Morgan fingerprint density at radius 3 is 2.62 bits per heavy atom. The number of rotatable bonds is 8. The van der Waals surface area contributed by atoms with Crippen molar-refractivity contribution in [3.8, 4) is 6.01 Å². The normalized spacial score (nSPS) is 17.6. The van der Waals surface area contributed by atoms with Crippen molar-refractivity contribution < 1.29 is 14.3 Å². The van der Waals surface area contributed by atoms with E-state index in [9.17, 15) is 4.79 Å². The minimum atomic E-state index is -0.105. The average Bonchev–Trinajstić information content (AvgIpc) is 3.35. The fourth-order valence-electron chi connectivity index (χ4n) is 4.02. The van der Waals surface area contributed by atoms with Crippen LogP contribution in [-0.4, -0.2) is 54.2 Å². The van der Waals surface area contributed by atoms with Crippen molar-refractivity contribution in [2.45, 2.75) is 38.8 Å². The second kappa shape index (κ2) is 8.88. The van der Waals surface area contributed by atoms with E-state index in [1.54, 1.807) is 18.2 Å². The summed E-state index contributed by atoms with van der Waals surface area (Å²) in [6.07, 6.45) is 4.61. The van der Waals surface area contributed by atoms with Gasteiger partial charge in [-0.05, 0) is 44.0 Å². The molecule has 4 rings (SSSR count). The van der Waals surface area contributed by atoms with Crippen molar-refractivity contribution in [3.63, 3.8) is 0 Å². The molecule has 0 N–H and O–H groups in total. The Morgan fingerprint density at radius 2 is 1.90 bits per heavy atom. The number of amides is 1. The molecule has 0 spiro atoms. The van der Waals surface area contributed by atoms with Gasteiger partial charge in [0.2, 0.25) is 5.91 Å². The molecule has 0 radical (unpaired) electrons. The maximum absolute atomic E-state index is 12.7. The molecule has 1 aromatic carbocycles. The number of likely N-dealkylation sites (tertiary alicyclic amines) is 1. The van der Waals surface area contributed by atoms with Crippen LogP contribution in [0.4, 0.5) is 5.82 Å². The number of nitrogens with zero attached hydrogens (tertiary/aromatic N) is 4. The molecule has 1 aromatic heterocycles. The largest absolute Gasteiger partial charge is 0.461 e. The van der Waals surface area contributed by atoms with Crippen LogP contribution in [0.3, 0.4) is 0 Å². The Kier molecular flexibility index (Phi) is 6.06. The van der Waals surface area contributed by atoms with Gasteiger partial charge in [-0.3, -0.25) is 14.6 Å². The van der Waals surface area contributed by atoms with Crippen molar-refractivity contribution in [3.05, 3.63) is 47.2 Å². The summed E-state index contributed by atoms with van der Waals surface area (Å²) < 4.78 is 10.5. The van der Waals surface area contributed by atoms with E-state index >= 15 is 0 Å². The predicted molar refractivity (Wildman–Crippen MR) is 110 cm³/mol. The van der Waals surface area contributed by atoms with Gasteiger partial charge in [-0.25, -0.2) is 4.98 Å². The van der Waals surface area contributed by atoms with Gasteiger partial charge in [0.25, 0.3) is 0 Å². The highest BCUT2D eigenvalue weighted by molar-refractivity contribution is 6.00. The number of methoxy groups -OCH3 is 1. The first-order chi connectivity index (χ1) is 14.2. The van der Waals surface area contributed by atoms with Gasteiger partial charge in [-0.2, -0.15) is 4.98 Å². The maximum Gasteiger partial charge on any atom is 0.318 e. The van der Waals surface area contributed by atoms with Gasteiger partial charge in [-0.15, -0.1) is 0 Å². The van der Waals surface area contributed by atoms with Crippen LogP contribution in [0.5, 0.6) is 6.01 Å². The number of anilines is 1. The third-order valence-corrected chi connectivity index (χ3v) is 5.63. The Hall–Kier alpha value is -2.51.